The Morgan fingerprint density at radius 1 is 1.32 bits per heavy atom. The maximum Gasteiger partial charge on any atom is 0.322 e. The largest absolute Gasteiger partial charge is 0.480 e. The highest BCUT2D eigenvalue weighted by Gasteiger charge is 2.25. The molecule has 1 aromatic carbocycles. The van der Waals surface area contributed by atoms with E-state index in [1.54, 1.807) is 0 Å². The molecule has 5 nitrogen and oxygen atoms in total. The number of carbonyl (C=O) groups is 2. The Hall–Kier alpha value is -1.88. The molecule has 1 aliphatic rings. The highest BCUT2D eigenvalue weighted by atomic mass is 16.4. The lowest BCUT2D eigenvalue weighted by Crippen LogP contribution is -2.42. The molecule has 0 saturated heterocycles. The van der Waals surface area contributed by atoms with E-state index in [1.165, 1.54) is 11.1 Å². The third-order valence-electron chi connectivity index (χ3n) is 3.48. The van der Waals surface area contributed by atoms with E-state index in [-0.39, 0.29) is 19.0 Å². The van der Waals surface area contributed by atoms with Crippen molar-refractivity contribution in [3.05, 3.63) is 35.4 Å². The van der Waals surface area contributed by atoms with Crippen LogP contribution in [0.2, 0.25) is 0 Å². The van der Waals surface area contributed by atoms with Crippen molar-refractivity contribution in [2.75, 3.05) is 20.1 Å². The van der Waals surface area contributed by atoms with Gasteiger partial charge in [-0.05, 0) is 31.0 Å². The number of amides is 1. The second-order valence-corrected chi connectivity index (χ2v) is 4.92. The molecule has 0 spiro atoms. The van der Waals surface area contributed by atoms with E-state index in [0.29, 0.717) is 6.04 Å². The molecule has 1 amide bonds. The number of rotatable bonds is 5. The quantitative estimate of drug-likeness (QED) is 0.800. The van der Waals surface area contributed by atoms with E-state index < -0.39 is 5.97 Å². The summed E-state index contributed by atoms with van der Waals surface area (Å²) in [5.41, 5.74) is 2.68. The lowest BCUT2D eigenvalue weighted by molar-refractivity contribution is -0.138. The van der Waals surface area contributed by atoms with Gasteiger partial charge < -0.3 is 10.4 Å². The number of carboxylic acid groups (broad SMARTS) is 1. The van der Waals surface area contributed by atoms with E-state index in [4.69, 9.17) is 5.11 Å². The smallest absolute Gasteiger partial charge is 0.322 e. The Labute approximate surface area is 112 Å². The average Bonchev–Trinajstić information content (AvgIpc) is 2.80. The van der Waals surface area contributed by atoms with Crippen molar-refractivity contribution >= 4 is 11.9 Å². The fraction of sp³-hybridized carbons (Fsp3) is 0.429. The first-order chi connectivity index (χ1) is 9.06. The van der Waals surface area contributed by atoms with Gasteiger partial charge in [-0.1, -0.05) is 24.3 Å². The molecule has 2 rings (SSSR count). The molecular formula is C14H18N2O3. The van der Waals surface area contributed by atoms with Crippen LogP contribution in [0.15, 0.2) is 24.3 Å². The van der Waals surface area contributed by atoms with Crippen LogP contribution in [0, 0.1) is 0 Å². The van der Waals surface area contributed by atoms with Gasteiger partial charge in [0.2, 0.25) is 5.91 Å². The zero-order chi connectivity index (χ0) is 13.8. The number of carboxylic acids is 1. The van der Waals surface area contributed by atoms with Gasteiger partial charge in [0.1, 0.15) is 6.54 Å². The maximum absolute atomic E-state index is 11.6. The van der Waals surface area contributed by atoms with Crippen molar-refractivity contribution in [2.45, 2.75) is 18.9 Å². The average molecular weight is 262 g/mol. The van der Waals surface area contributed by atoms with Crippen LogP contribution in [0.25, 0.3) is 0 Å². The van der Waals surface area contributed by atoms with Gasteiger partial charge in [-0.15, -0.1) is 0 Å². The SMILES string of the molecule is CN(CC(=O)NCC(=O)O)C1Cc2ccccc2C1. The van der Waals surface area contributed by atoms with Gasteiger partial charge in [0, 0.05) is 6.04 Å². The van der Waals surface area contributed by atoms with Crippen LogP contribution in [0.3, 0.4) is 0 Å². The van der Waals surface area contributed by atoms with E-state index >= 15 is 0 Å². The minimum atomic E-state index is -1.02. The third kappa shape index (κ3) is 3.54. The standard InChI is InChI=1S/C14H18N2O3/c1-16(9-13(17)15-8-14(18)19)12-6-10-4-2-3-5-11(10)7-12/h2-5,12H,6-9H2,1H3,(H,15,17)(H,18,19). The van der Waals surface area contributed by atoms with E-state index in [0.717, 1.165) is 12.8 Å². The first-order valence-corrected chi connectivity index (χ1v) is 6.32. The summed E-state index contributed by atoms with van der Waals surface area (Å²) in [6.45, 7) is -0.0937. The molecule has 0 aromatic heterocycles. The highest BCUT2D eigenvalue weighted by Crippen LogP contribution is 2.24. The molecular weight excluding hydrogens is 244 g/mol. The Morgan fingerprint density at radius 2 is 1.89 bits per heavy atom. The molecule has 0 fully saturated rings. The fourth-order valence-corrected chi connectivity index (χ4v) is 2.43. The number of nitrogens with one attached hydrogen (secondary N) is 1. The topological polar surface area (TPSA) is 69.6 Å². The molecule has 0 unspecified atom stereocenters. The molecule has 0 saturated carbocycles. The number of benzene rings is 1. The van der Waals surface area contributed by atoms with Crippen LogP contribution >= 0.6 is 0 Å². The first kappa shape index (κ1) is 13.5. The Bertz CT molecular complexity index is 462. The minimum absolute atomic E-state index is 0.228. The molecule has 5 heteroatoms. The maximum atomic E-state index is 11.6. The molecule has 0 atom stereocenters. The number of carbonyl (C=O) groups excluding carboxylic acids is 1. The second kappa shape index (κ2) is 5.84. The number of hydrogen-bond donors (Lipinski definition) is 2. The van der Waals surface area contributed by atoms with Gasteiger partial charge in [0.05, 0.1) is 6.54 Å². The van der Waals surface area contributed by atoms with E-state index in [1.807, 2.05) is 24.1 Å². The normalized spacial score (nSPS) is 14.4. The molecule has 1 aliphatic carbocycles. The third-order valence-corrected chi connectivity index (χ3v) is 3.48. The molecule has 0 heterocycles. The monoisotopic (exact) mass is 262 g/mol. The van der Waals surface area contributed by atoms with Crippen LogP contribution in [0.1, 0.15) is 11.1 Å². The van der Waals surface area contributed by atoms with E-state index in [2.05, 4.69) is 17.4 Å². The van der Waals surface area contributed by atoms with Gasteiger partial charge >= 0.3 is 5.97 Å². The minimum Gasteiger partial charge on any atom is -0.480 e. The molecule has 2 N–H and O–H groups in total. The lowest BCUT2D eigenvalue weighted by Gasteiger charge is -2.23. The summed E-state index contributed by atoms with van der Waals surface area (Å²) in [7, 11) is 1.90. The number of hydrogen-bond acceptors (Lipinski definition) is 3. The Balaban J connectivity index is 1.84. The second-order valence-electron chi connectivity index (χ2n) is 4.92. The fourth-order valence-electron chi connectivity index (χ4n) is 2.43. The molecule has 0 bridgehead atoms. The zero-order valence-corrected chi connectivity index (χ0v) is 10.9. The molecule has 0 radical (unpaired) electrons. The lowest BCUT2D eigenvalue weighted by atomic mass is 10.1. The Morgan fingerprint density at radius 3 is 2.42 bits per heavy atom. The predicted octanol–water partition coefficient (Wildman–Crippen LogP) is 0.286. The summed E-state index contributed by atoms with van der Waals surface area (Å²) >= 11 is 0. The predicted molar refractivity (Wildman–Crippen MR) is 70.9 cm³/mol. The first-order valence-electron chi connectivity index (χ1n) is 6.32. The number of fused-ring (bicyclic) bond motifs is 1. The van der Waals surface area contributed by atoms with Crippen LogP contribution in [-0.4, -0.2) is 48.1 Å². The van der Waals surface area contributed by atoms with Gasteiger partial charge in [-0.2, -0.15) is 0 Å². The summed E-state index contributed by atoms with van der Waals surface area (Å²) in [6.07, 6.45) is 1.89. The number of likely N-dealkylation sites (N-methyl/N-ethyl adjacent to an activating group) is 1. The Kier molecular flexibility index (Phi) is 4.16. The summed E-state index contributed by atoms with van der Waals surface area (Å²) in [6, 6.07) is 8.61. The van der Waals surface area contributed by atoms with Crippen LogP contribution < -0.4 is 5.32 Å². The van der Waals surface area contributed by atoms with E-state index in [9.17, 15) is 9.59 Å². The van der Waals surface area contributed by atoms with Gasteiger partial charge in [-0.3, -0.25) is 14.5 Å². The molecule has 102 valence electrons. The van der Waals surface area contributed by atoms with Gasteiger partial charge in [-0.25, -0.2) is 0 Å². The molecule has 1 aromatic rings. The van der Waals surface area contributed by atoms with Crippen molar-refractivity contribution in [1.82, 2.24) is 10.2 Å². The van der Waals surface area contributed by atoms with Crippen LogP contribution in [0.5, 0.6) is 0 Å². The van der Waals surface area contributed by atoms with Crippen LogP contribution in [-0.2, 0) is 22.4 Å². The number of aliphatic carboxylic acids is 1. The molecule has 0 aliphatic heterocycles. The van der Waals surface area contributed by atoms with Crippen molar-refractivity contribution in [2.24, 2.45) is 0 Å². The summed E-state index contributed by atoms with van der Waals surface area (Å²) in [4.78, 5) is 23.9. The van der Waals surface area contributed by atoms with Crippen molar-refractivity contribution in [1.29, 1.82) is 0 Å². The highest BCUT2D eigenvalue weighted by molar-refractivity contribution is 5.82. The summed E-state index contributed by atoms with van der Waals surface area (Å²) < 4.78 is 0. The van der Waals surface area contributed by atoms with Crippen molar-refractivity contribution in [3.8, 4) is 0 Å². The van der Waals surface area contributed by atoms with Crippen molar-refractivity contribution in [3.63, 3.8) is 0 Å². The van der Waals surface area contributed by atoms with Crippen LogP contribution in [0.4, 0.5) is 0 Å². The van der Waals surface area contributed by atoms with Crippen molar-refractivity contribution < 1.29 is 14.7 Å². The van der Waals surface area contributed by atoms with Gasteiger partial charge in [0.25, 0.3) is 0 Å². The zero-order valence-electron chi connectivity index (χ0n) is 10.9. The number of nitrogens with zero attached hydrogens (tertiary/aromatic N) is 1. The summed E-state index contributed by atoms with van der Waals surface area (Å²) in [5, 5.41) is 10.9. The summed E-state index contributed by atoms with van der Waals surface area (Å²) in [5.74, 6) is -1.27. The molecule has 19 heavy (non-hydrogen) atoms. The van der Waals surface area contributed by atoms with Gasteiger partial charge in [0.15, 0.2) is 0 Å².